The van der Waals surface area contributed by atoms with Gasteiger partial charge >= 0.3 is 0 Å². The summed E-state index contributed by atoms with van der Waals surface area (Å²) < 4.78 is 1.17. The summed E-state index contributed by atoms with van der Waals surface area (Å²) in [5, 5.41) is 4.28. The Morgan fingerprint density at radius 3 is 2.89 bits per heavy atom. The number of amides is 1. The maximum Gasteiger partial charge on any atom is 0.261 e. The molecule has 0 bridgehead atoms. The molecule has 0 saturated heterocycles. The number of carbonyl (C=O) groups is 1. The van der Waals surface area contributed by atoms with Crippen molar-refractivity contribution in [2.75, 3.05) is 0 Å². The van der Waals surface area contributed by atoms with E-state index in [2.05, 4.69) is 27.3 Å². The quantitative estimate of drug-likeness (QED) is 0.833. The number of alkyl halides is 1. The summed E-state index contributed by atoms with van der Waals surface area (Å²) in [6.45, 7) is 0. The molecule has 94 valence electrons. The van der Waals surface area contributed by atoms with Crippen LogP contribution in [-0.2, 0) is 0 Å². The highest BCUT2D eigenvalue weighted by Gasteiger charge is 2.26. The van der Waals surface area contributed by atoms with E-state index >= 15 is 0 Å². The molecule has 2 nitrogen and oxygen atoms in total. The summed E-state index contributed by atoms with van der Waals surface area (Å²) in [6.07, 6.45) is 3.41. The van der Waals surface area contributed by atoms with Crippen molar-refractivity contribution < 1.29 is 4.79 Å². The number of hydrogen-bond donors (Lipinski definition) is 1. The first-order valence-electron chi connectivity index (χ1n) is 6.17. The third kappa shape index (κ3) is 2.31. The van der Waals surface area contributed by atoms with Crippen LogP contribution in [0.2, 0.25) is 0 Å². The molecular weight excluding hydrogens is 310 g/mol. The molecule has 1 aromatic heterocycles. The standard InChI is InChI=1S/C14H14BrNOS/c15-10-5-3-6-11(10)16-14(17)13-8-9-4-1-2-7-12(9)18-13/h1-2,4,7-8,10-11H,3,5-6H2,(H,16,17). The number of halogens is 1. The van der Waals surface area contributed by atoms with Gasteiger partial charge in [0.1, 0.15) is 0 Å². The zero-order valence-corrected chi connectivity index (χ0v) is 12.3. The maximum atomic E-state index is 12.2. The van der Waals surface area contributed by atoms with Gasteiger partial charge in [-0.05, 0) is 30.4 Å². The molecule has 2 aromatic rings. The van der Waals surface area contributed by atoms with Crippen LogP contribution in [0.4, 0.5) is 0 Å². The lowest BCUT2D eigenvalue weighted by Gasteiger charge is -2.15. The van der Waals surface area contributed by atoms with Crippen LogP contribution >= 0.6 is 27.3 Å². The molecule has 2 unspecified atom stereocenters. The van der Waals surface area contributed by atoms with Crippen molar-refractivity contribution in [3.05, 3.63) is 35.2 Å². The van der Waals surface area contributed by atoms with Crippen LogP contribution in [0, 0.1) is 0 Å². The second kappa shape index (κ2) is 5.02. The Kier molecular flexibility index (Phi) is 3.39. The summed E-state index contributed by atoms with van der Waals surface area (Å²) >= 11 is 5.19. The van der Waals surface area contributed by atoms with Gasteiger partial charge in [-0.3, -0.25) is 4.79 Å². The van der Waals surface area contributed by atoms with Crippen molar-refractivity contribution in [3.63, 3.8) is 0 Å². The maximum absolute atomic E-state index is 12.2. The van der Waals surface area contributed by atoms with Gasteiger partial charge in [0, 0.05) is 15.6 Å². The Morgan fingerprint density at radius 1 is 1.33 bits per heavy atom. The molecule has 4 heteroatoms. The van der Waals surface area contributed by atoms with Gasteiger partial charge in [-0.15, -0.1) is 11.3 Å². The minimum Gasteiger partial charge on any atom is -0.347 e. The average Bonchev–Trinajstić information content (AvgIpc) is 2.96. The molecule has 1 fully saturated rings. The van der Waals surface area contributed by atoms with Crippen LogP contribution < -0.4 is 5.32 Å². The van der Waals surface area contributed by atoms with Crippen molar-refractivity contribution in [2.45, 2.75) is 30.1 Å². The van der Waals surface area contributed by atoms with Crippen molar-refractivity contribution >= 4 is 43.3 Å². The van der Waals surface area contributed by atoms with E-state index in [4.69, 9.17) is 0 Å². The van der Waals surface area contributed by atoms with E-state index < -0.39 is 0 Å². The fourth-order valence-electron chi connectivity index (χ4n) is 2.41. The molecule has 0 radical (unpaired) electrons. The highest BCUT2D eigenvalue weighted by Crippen LogP contribution is 2.28. The third-order valence-electron chi connectivity index (χ3n) is 3.40. The van der Waals surface area contributed by atoms with Crippen LogP contribution in [0.15, 0.2) is 30.3 Å². The van der Waals surface area contributed by atoms with E-state index in [9.17, 15) is 4.79 Å². The Hall–Kier alpha value is -0.870. The minimum absolute atomic E-state index is 0.0625. The van der Waals surface area contributed by atoms with Gasteiger partial charge in [0.15, 0.2) is 0 Å². The van der Waals surface area contributed by atoms with Crippen LogP contribution in [0.3, 0.4) is 0 Å². The predicted molar refractivity (Wildman–Crippen MR) is 79.6 cm³/mol. The van der Waals surface area contributed by atoms with Gasteiger partial charge < -0.3 is 5.32 Å². The third-order valence-corrected chi connectivity index (χ3v) is 5.61. The normalized spacial score (nSPS) is 23.4. The number of thiophene rings is 1. The first-order chi connectivity index (χ1) is 8.74. The molecular formula is C14H14BrNOS. The first-order valence-corrected chi connectivity index (χ1v) is 7.91. The van der Waals surface area contributed by atoms with Crippen LogP contribution in [0.1, 0.15) is 28.9 Å². The van der Waals surface area contributed by atoms with Gasteiger partial charge in [-0.1, -0.05) is 40.5 Å². The molecule has 0 aliphatic heterocycles. The molecule has 3 rings (SSSR count). The largest absolute Gasteiger partial charge is 0.347 e. The fraction of sp³-hybridized carbons (Fsp3) is 0.357. The van der Waals surface area contributed by atoms with Crippen molar-refractivity contribution in [1.29, 1.82) is 0 Å². The Labute approximate surface area is 119 Å². The molecule has 1 N–H and O–H groups in total. The van der Waals surface area contributed by atoms with Crippen molar-refractivity contribution in [2.24, 2.45) is 0 Å². The SMILES string of the molecule is O=C(NC1CCCC1Br)c1cc2ccccc2s1. The van der Waals surface area contributed by atoms with Gasteiger partial charge in [0.25, 0.3) is 5.91 Å². The highest BCUT2D eigenvalue weighted by molar-refractivity contribution is 9.09. The zero-order chi connectivity index (χ0) is 12.5. The monoisotopic (exact) mass is 323 g/mol. The fourth-order valence-corrected chi connectivity index (χ4v) is 4.10. The molecule has 2 atom stereocenters. The van der Waals surface area contributed by atoms with E-state index in [0.717, 1.165) is 23.1 Å². The second-order valence-corrected chi connectivity index (χ2v) is 6.94. The predicted octanol–water partition coefficient (Wildman–Crippen LogP) is 3.95. The van der Waals surface area contributed by atoms with Crippen LogP contribution in [-0.4, -0.2) is 16.8 Å². The first kappa shape index (κ1) is 12.2. The lowest BCUT2D eigenvalue weighted by Crippen LogP contribution is -2.37. The lowest BCUT2D eigenvalue weighted by molar-refractivity contribution is 0.0943. The number of fused-ring (bicyclic) bond motifs is 1. The number of nitrogens with one attached hydrogen (secondary N) is 1. The molecule has 1 aliphatic carbocycles. The summed E-state index contributed by atoms with van der Waals surface area (Å²) in [6, 6.07) is 10.4. The molecule has 0 spiro atoms. The Balaban J connectivity index is 1.79. The minimum atomic E-state index is 0.0625. The highest BCUT2D eigenvalue weighted by atomic mass is 79.9. The summed E-state index contributed by atoms with van der Waals surface area (Å²) in [7, 11) is 0. The molecule has 1 aromatic carbocycles. The molecule has 18 heavy (non-hydrogen) atoms. The summed E-state index contributed by atoms with van der Waals surface area (Å²) in [5.41, 5.74) is 0. The molecule has 1 heterocycles. The Bertz CT molecular complexity index is 547. The smallest absolute Gasteiger partial charge is 0.261 e. The van der Waals surface area contributed by atoms with Crippen LogP contribution in [0.25, 0.3) is 10.1 Å². The molecule has 1 amide bonds. The average molecular weight is 324 g/mol. The number of benzene rings is 1. The van der Waals surface area contributed by atoms with E-state index in [1.807, 2.05) is 24.3 Å². The van der Waals surface area contributed by atoms with Crippen LogP contribution in [0.5, 0.6) is 0 Å². The number of rotatable bonds is 2. The second-order valence-electron chi connectivity index (χ2n) is 4.68. The summed E-state index contributed by atoms with van der Waals surface area (Å²) in [5.74, 6) is 0.0625. The van der Waals surface area contributed by atoms with E-state index in [-0.39, 0.29) is 11.9 Å². The van der Waals surface area contributed by atoms with Crippen molar-refractivity contribution in [1.82, 2.24) is 5.32 Å². The summed E-state index contributed by atoms with van der Waals surface area (Å²) in [4.78, 5) is 13.4. The van der Waals surface area contributed by atoms with Gasteiger partial charge in [0.05, 0.1) is 4.88 Å². The number of carbonyl (C=O) groups excluding carboxylic acids is 1. The zero-order valence-electron chi connectivity index (χ0n) is 9.86. The van der Waals surface area contributed by atoms with Gasteiger partial charge in [-0.25, -0.2) is 0 Å². The molecule has 1 aliphatic rings. The molecule has 1 saturated carbocycles. The lowest BCUT2D eigenvalue weighted by atomic mass is 10.2. The van der Waals surface area contributed by atoms with Gasteiger partial charge in [0.2, 0.25) is 0 Å². The van der Waals surface area contributed by atoms with E-state index in [0.29, 0.717) is 4.83 Å². The van der Waals surface area contributed by atoms with E-state index in [1.165, 1.54) is 11.1 Å². The number of hydrogen-bond acceptors (Lipinski definition) is 2. The van der Waals surface area contributed by atoms with E-state index in [1.54, 1.807) is 11.3 Å². The topological polar surface area (TPSA) is 29.1 Å². The van der Waals surface area contributed by atoms with Gasteiger partial charge in [-0.2, -0.15) is 0 Å². The Morgan fingerprint density at radius 2 is 2.17 bits per heavy atom. The van der Waals surface area contributed by atoms with Crippen molar-refractivity contribution in [3.8, 4) is 0 Å².